The second kappa shape index (κ2) is 8.10. The van der Waals surface area contributed by atoms with Crippen LogP contribution in [0.15, 0.2) is 54.6 Å². The van der Waals surface area contributed by atoms with Crippen LogP contribution in [0.3, 0.4) is 0 Å². The SMILES string of the molecule is C[C@@H](C(=O)Nc1ccc(F)cc1)N1CCN(C(=O)c2ccccc2)CC1. The maximum atomic E-state index is 12.9. The van der Waals surface area contributed by atoms with Crippen LogP contribution in [0.25, 0.3) is 0 Å². The van der Waals surface area contributed by atoms with E-state index >= 15 is 0 Å². The zero-order chi connectivity index (χ0) is 18.5. The van der Waals surface area contributed by atoms with Gasteiger partial charge in [-0.3, -0.25) is 14.5 Å². The fourth-order valence-corrected chi connectivity index (χ4v) is 3.02. The highest BCUT2D eigenvalue weighted by molar-refractivity contribution is 5.95. The number of halogens is 1. The minimum atomic E-state index is -0.338. The van der Waals surface area contributed by atoms with E-state index in [0.29, 0.717) is 37.4 Å². The maximum Gasteiger partial charge on any atom is 0.253 e. The quantitative estimate of drug-likeness (QED) is 0.917. The number of nitrogens with one attached hydrogen (secondary N) is 1. The summed E-state index contributed by atoms with van der Waals surface area (Å²) in [5.74, 6) is -0.455. The van der Waals surface area contributed by atoms with Crippen molar-refractivity contribution in [2.24, 2.45) is 0 Å². The molecule has 1 aliphatic heterocycles. The summed E-state index contributed by atoms with van der Waals surface area (Å²) in [6.45, 7) is 4.28. The third kappa shape index (κ3) is 4.26. The lowest BCUT2D eigenvalue weighted by Gasteiger charge is -2.37. The van der Waals surface area contributed by atoms with E-state index < -0.39 is 0 Å². The van der Waals surface area contributed by atoms with E-state index in [1.165, 1.54) is 24.3 Å². The molecule has 2 amide bonds. The zero-order valence-corrected chi connectivity index (χ0v) is 14.7. The van der Waals surface area contributed by atoms with Crippen molar-refractivity contribution in [3.63, 3.8) is 0 Å². The number of piperazine rings is 1. The molecule has 0 aliphatic carbocycles. The molecule has 1 saturated heterocycles. The van der Waals surface area contributed by atoms with Crippen LogP contribution in [0.1, 0.15) is 17.3 Å². The first kappa shape index (κ1) is 18.1. The van der Waals surface area contributed by atoms with E-state index in [1.807, 2.05) is 47.1 Å². The number of benzene rings is 2. The van der Waals surface area contributed by atoms with Gasteiger partial charge in [-0.25, -0.2) is 4.39 Å². The second-order valence-corrected chi connectivity index (χ2v) is 6.37. The molecular formula is C20H22FN3O2. The molecule has 1 aliphatic rings. The fraction of sp³-hybridized carbons (Fsp3) is 0.300. The normalized spacial score (nSPS) is 16.2. The lowest BCUT2D eigenvalue weighted by molar-refractivity contribution is -0.121. The van der Waals surface area contributed by atoms with Crippen molar-refractivity contribution >= 4 is 17.5 Å². The second-order valence-electron chi connectivity index (χ2n) is 6.37. The Morgan fingerprint density at radius 2 is 1.58 bits per heavy atom. The summed E-state index contributed by atoms with van der Waals surface area (Å²) >= 11 is 0. The lowest BCUT2D eigenvalue weighted by Crippen LogP contribution is -2.54. The summed E-state index contributed by atoms with van der Waals surface area (Å²) in [6.07, 6.45) is 0. The molecule has 1 heterocycles. The number of carbonyl (C=O) groups excluding carboxylic acids is 2. The Hall–Kier alpha value is -2.73. The Morgan fingerprint density at radius 3 is 2.19 bits per heavy atom. The molecule has 2 aromatic carbocycles. The number of carbonyl (C=O) groups is 2. The molecule has 0 radical (unpaired) electrons. The van der Waals surface area contributed by atoms with Gasteiger partial charge in [0, 0.05) is 37.4 Å². The Bertz CT molecular complexity index is 756. The van der Waals surface area contributed by atoms with Gasteiger partial charge in [0.2, 0.25) is 5.91 Å². The number of anilines is 1. The fourth-order valence-electron chi connectivity index (χ4n) is 3.02. The van der Waals surface area contributed by atoms with Gasteiger partial charge in [-0.15, -0.1) is 0 Å². The highest BCUT2D eigenvalue weighted by Crippen LogP contribution is 2.13. The Kier molecular flexibility index (Phi) is 5.63. The summed E-state index contributed by atoms with van der Waals surface area (Å²) in [5.41, 5.74) is 1.25. The first-order chi connectivity index (χ1) is 12.5. The Labute approximate surface area is 152 Å². The summed E-state index contributed by atoms with van der Waals surface area (Å²) in [7, 11) is 0. The topological polar surface area (TPSA) is 52.7 Å². The van der Waals surface area contributed by atoms with Gasteiger partial charge in [-0.2, -0.15) is 0 Å². The van der Waals surface area contributed by atoms with Crippen LogP contribution in [0.2, 0.25) is 0 Å². The third-order valence-electron chi connectivity index (χ3n) is 4.66. The predicted octanol–water partition coefficient (Wildman–Crippen LogP) is 2.61. The van der Waals surface area contributed by atoms with Crippen molar-refractivity contribution in [2.45, 2.75) is 13.0 Å². The molecule has 0 unspecified atom stereocenters. The summed E-state index contributed by atoms with van der Waals surface area (Å²) in [4.78, 5) is 28.7. The number of hydrogen-bond donors (Lipinski definition) is 1. The summed E-state index contributed by atoms with van der Waals surface area (Å²) < 4.78 is 12.9. The molecule has 0 spiro atoms. The largest absolute Gasteiger partial charge is 0.336 e. The Morgan fingerprint density at radius 1 is 0.962 bits per heavy atom. The average Bonchev–Trinajstić information content (AvgIpc) is 2.69. The Balaban J connectivity index is 1.53. The van der Waals surface area contributed by atoms with Gasteiger partial charge in [-0.1, -0.05) is 18.2 Å². The predicted molar refractivity (Wildman–Crippen MR) is 98.4 cm³/mol. The molecule has 26 heavy (non-hydrogen) atoms. The molecule has 1 fully saturated rings. The standard InChI is InChI=1S/C20H22FN3O2/c1-15(19(25)22-18-9-7-17(21)8-10-18)23-11-13-24(14-12-23)20(26)16-5-3-2-4-6-16/h2-10,15H,11-14H2,1H3,(H,22,25)/t15-/m0/s1. The summed E-state index contributed by atoms with van der Waals surface area (Å²) in [5, 5.41) is 2.80. The van der Waals surface area contributed by atoms with Gasteiger partial charge in [0.15, 0.2) is 0 Å². The van der Waals surface area contributed by atoms with Gasteiger partial charge >= 0.3 is 0 Å². The highest BCUT2D eigenvalue weighted by atomic mass is 19.1. The molecule has 0 bridgehead atoms. The molecule has 1 atom stereocenters. The molecule has 3 rings (SSSR count). The van der Waals surface area contributed by atoms with Crippen LogP contribution in [0.5, 0.6) is 0 Å². The molecule has 0 aromatic heterocycles. The van der Waals surface area contributed by atoms with Crippen molar-refractivity contribution in [3.05, 3.63) is 66.0 Å². The highest BCUT2D eigenvalue weighted by Gasteiger charge is 2.27. The molecule has 5 nitrogen and oxygen atoms in total. The van der Waals surface area contributed by atoms with Crippen LogP contribution in [0, 0.1) is 5.82 Å². The zero-order valence-electron chi connectivity index (χ0n) is 14.7. The lowest BCUT2D eigenvalue weighted by atomic mass is 10.1. The van der Waals surface area contributed by atoms with Crippen molar-refractivity contribution in [2.75, 3.05) is 31.5 Å². The van der Waals surface area contributed by atoms with Gasteiger partial charge in [0.1, 0.15) is 5.82 Å². The van der Waals surface area contributed by atoms with Crippen molar-refractivity contribution < 1.29 is 14.0 Å². The van der Waals surface area contributed by atoms with E-state index in [9.17, 15) is 14.0 Å². The van der Waals surface area contributed by atoms with Crippen LogP contribution < -0.4 is 5.32 Å². The van der Waals surface area contributed by atoms with Crippen LogP contribution in [0.4, 0.5) is 10.1 Å². The molecule has 136 valence electrons. The first-order valence-electron chi connectivity index (χ1n) is 8.69. The number of amides is 2. The van der Waals surface area contributed by atoms with E-state index in [1.54, 1.807) is 0 Å². The molecule has 6 heteroatoms. The molecule has 2 aromatic rings. The first-order valence-corrected chi connectivity index (χ1v) is 8.69. The van der Waals surface area contributed by atoms with Gasteiger partial charge in [-0.05, 0) is 43.3 Å². The van der Waals surface area contributed by atoms with E-state index in [2.05, 4.69) is 5.32 Å². The van der Waals surface area contributed by atoms with Crippen LogP contribution >= 0.6 is 0 Å². The van der Waals surface area contributed by atoms with Gasteiger partial charge < -0.3 is 10.2 Å². The summed E-state index contributed by atoms with van der Waals surface area (Å²) in [6, 6.07) is 14.6. The minimum Gasteiger partial charge on any atom is -0.336 e. The number of rotatable bonds is 4. The third-order valence-corrected chi connectivity index (χ3v) is 4.66. The van der Waals surface area contributed by atoms with Crippen LogP contribution in [-0.4, -0.2) is 53.8 Å². The van der Waals surface area contributed by atoms with Crippen molar-refractivity contribution in [1.82, 2.24) is 9.80 Å². The molecular weight excluding hydrogens is 333 g/mol. The van der Waals surface area contributed by atoms with E-state index in [4.69, 9.17) is 0 Å². The van der Waals surface area contributed by atoms with Crippen molar-refractivity contribution in [1.29, 1.82) is 0 Å². The number of hydrogen-bond acceptors (Lipinski definition) is 3. The van der Waals surface area contributed by atoms with E-state index in [-0.39, 0.29) is 23.7 Å². The number of nitrogens with zero attached hydrogens (tertiary/aromatic N) is 2. The van der Waals surface area contributed by atoms with E-state index in [0.717, 1.165) is 0 Å². The maximum absolute atomic E-state index is 12.9. The average molecular weight is 355 g/mol. The smallest absolute Gasteiger partial charge is 0.253 e. The van der Waals surface area contributed by atoms with Gasteiger partial charge in [0.25, 0.3) is 5.91 Å². The molecule has 1 N–H and O–H groups in total. The van der Waals surface area contributed by atoms with Gasteiger partial charge in [0.05, 0.1) is 6.04 Å². The molecule has 0 saturated carbocycles. The minimum absolute atomic E-state index is 0.0219. The monoisotopic (exact) mass is 355 g/mol. The van der Waals surface area contributed by atoms with Crippen molar-refractivity contribution in [3.8, 4) is 0 Å². The van der Waals surface area contributed by atoms with Crippen LogP contribution in [-0.2, 0) is 4.79 Å².